The number of rotatable bonds is 5. The molecule has 26 heavy (non-hydrogen) atoms. The van der Waals surface area contributed by atoms with Crippen LogP contribution in [0.5, 0.6) is 0 Å². The van der Waals surface area contributed by atoms with E-state index in [4.69, 9.17) is 4.74 Å². The van der Waals surface area contributed by atoms with Crippen molar-refractivity contribution < 1.29 is 14.3 Å². The molecule has 6 heteroatoms. The van der Waals surface area contributed by atoms with Crippen LogP contribution in [0.4, 0.5) is 5.00 Å². The third kappa shape index (κ3) is 4.01. The number of hydrogen-bond donors (Lipinski definition) is 1. The number of thiophene rings is 1. The molecule has 1 amide bonds. The topological polar surface area (TPSA) is 55.4 Å². The van der Waals surface area contributed by atoms with Gasteiger partial charge >= 0.3 is 5.97 Å². The molecule has 138 valence electrons. The number of fused-ring (bicyclic) bond motifs is 1. The first-order chi connectivity index (χ1) is 12.5. The van der Waals surface area contributed by atoms with Crippen LogP contribution >= 0.6 is 27.3 Å². The third-order valence-electron chi connectivity index (χ3n) is 4.76. The van der Waals surface area contributed by atoms with Crippen LogP contribution in [0.1, 0.15) is 57.8 Å². The van der Waals surface area contributed by atoms with E-state index in [0.29, 0.717) is 28.7 Å². The Labute approximate surface area is 166 Å². The van der Waals surface area contributed by atoms with Crippen molar-refractivity contribution in [3.8, 4) is 0 Å². The Hall–Kier alpha value is -1.66. The Bertz CT molecular complexity index is 813. The summed E-state index contributed by atoms with van der Waals surface area (Å²) in [5, 5.41) is 3.55. The maximum Gasteiger partial charge on any atom is 0.341 e. The highest BCUT2D eigenvalue weighted by atomic mass is 79.9. The van der Waals surface area contributed by atoms with Gasteiger partial charge in [-0.2, -0.15) is 0 Å². The molecule has 1 N–H and O–H groups in total. The van der Waals surface area contributed by atoms with Gasteiger partial charge in [-0.25, -0.2) is 4.79 Å². The van der Waals surface area contributed by atoms with Crippen LogP contribution in [0.2, 0.25) is 0 Å². The quantitative estimate of drug-likeness (QED) is 0.634. The second-order valence-electron chi connectivity index (χ2n) is 6.41. The van der Waals surface area contributed by atoms with Crippen molar-refractivity contribution in [1.82, 2.24) is 0 Å². The van der Waals surface area contributed by atoms with Gasteiger partial charge in [-0.15, -0.1) is 11.3 Å². The lowest BCUT2D eigenvalue weighted by Crippen LogP contribution is -2.17. The minimum Gasteiger partial charge on any atom is -0.462 e. The fraction of sp³-hybridized carbons (Fsp3) is 0.400. The largest absolute Gasteiger partial charge is 0.462 e. The van der Waals surface area contributed by atoms with Crippen molar-refractivity contribution in [3.63, 3.8) is 0 Å². The Kier molecular flexibility index (Phi) is 6.14. The first-order valence-corrected chi connectivity index (χ1v) is 10.5. The van der Waals surface area contributed by atoms with Gasteiger partial charge < -0.3 is 10.1 Å². The molecule has 0 saturated carbocycles. The molecule has 1 heterocycles. The monoisotopic (exact) mass is 435 g/mol. The van der Waals surface area contributed by atoms with Crippen molar-refractivity contribution in [3.05, 3.63) is 50.3 Å². The highest BCUT2D eigenvalue weighted by Gasteiger charge is 2.29. The molecule has 0 bridgehead atoms. The van der Waals surface area contributed by atoms with E-state index in [0.717, 1.165) is 35.7 Å². The van der Waals surface area contributed by atoms with E-state index >= 15 is 0 Å². The van der Waals surface area contributed by atoms with E-state index in [9.17, 15) is 9.59 Å². The highest BCUT2D eigenvalue weighted by Crippen LogP contribution is 2.41. The minimum atomic E-state index is -0.342. The van der Waals surface area contributed by atoms with Crippen LogP contribution in [0.25, 0.3) is 0 Å². The third-order valence-corrected chi connectivity index (χ3v) is 6.46. The summed E-state index contributed by atoms with van der Waals surface area (Å²) in [6.07, 6.45) is 4.04. The standard InChI is InChI=1S/C20H22BrNO3S/c1-3-12-5-10-15-16(11-12)26-19(17(15)20(24)25-4-2)22-18(23)13-6-8-14(21)9-7-13/h6-9,12H,3-5,10-11H2,1-2H3,(H,22,23). The van der Waals surface area contributed by atoms with Crippen molar-refractivity contribution in [2.24, 2.45) is 5.92 Å². The number of nitrogens with one attached hydrogen (secondary N) is 1. The highest BCUT2D eigenvalue weighted by molar-refractivity contribution is 9.10. The van der Waals surface area contributed by atoms with E-state index in [1.807, 2.05) is 12.1 Å². The summed E-state index contributed by atoms with van der Waals surface area (Å²) in [5.41, 5.74) is 2.16. The normalized spacial score (nSPS) is 16.0. The molecular formula is C20H22BrNO3S. The SMILES string of the molecule is CCOC(=O)c1c(NC(=O)c2ccc(Br)cc2)sc2c1CCC(CC)C2. The Morgan fingerprint density at radius 2 is 2.00 bits per heavy atom. The van der Waals surface area contributed by atoms with Gasteiger partial charge in [0, 0.05) is 14.9 Å². The number of amides is 1. The van der Waals surface area contributed by atoms with E-state index in [1.54, 1.807) is 19.1 Å². The summed E-state index contributed by atoms with van der Waals surface area (Å²) in [6, 6.07) is 7.16. The lowest BCUT2D eigenvalue weighted by atomic mass is 9.85. The first kappa shape index (κ1) is 19.1. The van der Waals surface area contributed by atoms with Crippen molar-refractivity contribution >= 4 is 44.1 Å². The van der Waals surface area contributed by atoms with Gasteiger partial charge in [-0.1, -0.05) is 29.3 Å². The van der Waals surface area contributed by atoms with Crippen LogP contribution < -0.4 is 5.32 Å². The van der Waals surface area contributed by atoms with Crippen LogP contribution in [0, 0.1) is 5.92 Å². The summed E-state index contributed by atoms with van der Waals surface area (Å²) in [5.74, 6) is 0.0889. The average molecular weight is 436 g/mol. The molecule has 0 saturated heterocycles. The molecule has 0 fully saturated rings. The Morgan fingerprint density at radius 1 is 1.27 bits per heavy atom. The summed E-state index contributed by atoms with van der Waals surface area (Å²) in [6.45, 7) is 4.32. The summed E-state index contributed by atoms with van der Waals surface area (Å²) in [7, 11) is 0. The molecule has 4 nitrogen and oxygen atoms in total. The molecule has 3 rings (SSSR count). The maximum atomic E-state index is 12.6. The van der Waals surface area contributed by atoms with Crippen LogP contribution in [-0.4, -0.2) is 18.5 Å². The number of ether oxygens (including phenoxy) is 1. The van der Waals surface area contributed by atoms with Crippen LogP contribution in [-0.2, 0) is 17.6 Å². The van der Waals surface area contributed by atoms with E-state index in [-0.39, 0.29) is 11.9 Å². The lowest BCUT2D eigenvalue weighted by molar-refractivity contribution is 0.0526. The lowest BCUT2D eigenvalue weighted by Gasteiger charge is -2.20. The zero-order valence-corrected chi connectivity index (χ0v) is 17.3. The fourth-order valence-corrected chi connectivity index (χ4v) is 4.90. The van der Waals surface area contributed by atoms with Crippen molar-refractivity contribution in [2.45, 2.75) is 39.5 Å². The second kappa shape index (κ2) is 8.35. The molecule has 0 spiro atoms. The van der Waals surface area contributed by atoms with Crippen molar-refractivity contribution in [2.75, 3.05) is 11.9 Å². The molecule has 1 atom stereocenters. The molecule has 2 aromatic rings. The van der Waals surface area contributed by atoms with E-state index in [1.165, 1.54) is 16.2 Å². The predicted molar refractivity (Wildman–Crippen MR) is 108 cm³/mol. The zero-order valence-electron chi connectivity index (χ0n) is 14.9. The molecule has 1 aromatic carbocycles. The van der Waals surface area contributed by atoms with Crippen molar-refractivity contribution in [1.29, 1.82) is 0 Å². The van der Waals surface area contributed by atoms with Gasteiger partial charge in [0.2, 0.25) is 0 Å². The average Bonchev–Trinajstić information content (AvgIpc) is 2.99. The predicted octanol–water partition coefficient (Wildman–Crippen LogP) is 5.45. The molecule has 1 aliphatic carbocycles. The summed E-state index contributed by atoms with van der Waals surface area (Å²) >= 11 is 4.89. The molecule has 0 radical (unpaired) electrons. The number of anilines is 1. The minimum absolute atomic E-state index is 0.214. The first-order valence-electron chi connectivity index (χ1n) is 8.92. The van der Waals surface area contributed by atoms with Gasteiger partial charge in [0.1, 0.15) is 5.00 Å². The van der Waals surface area contributed by atoms with Gasteiger partial charge in [0.15, 0.2) is 0 Å². The number of carbonyl (C=O) groups is 2. The molecular weight excluding hydrogens is 414 g/mol. The Balaban J connectivity index is 1.92. The number of hydrogen-bond acceptors (Lipinski definition) is 4. The molecule has 1 aliphatic rings. The van der Waals surface area contributed by atoms with Crippen LogP contribution in [0.3, 0.4) is 0 Å². The molecule has 1 aromatic heterocycles. The van der Waals surface area contributed by atoms with Gasteiger partial charge in [0.05, 0.1) is 12.2 Å². The molecule has 1 unspecified atom stereocenters. The van der Waals surface area contributed by atoms with Gasteiger partial charge in [-0.3, -0.25) is 4.79 Å². The smallest absolute Gasteiger partial charge is 0.341 e. The number of benzene rings is 1. The number of esters is 1. The number of carbonyl (C=O) groups excluding carboxylic acids is 2. The number of halogens is 1. The second-order valence-corrected chi connectivity index (χ2v) is 8.43. The summed E-state index contributed by atoms with van der Waals surface area (Å²) < 4.78 is 6.17. The maximum absolute atomic E-state index is 12.6. The zero-order chi connectivity index (χ0) is 18.7. The van der Waals surface area contributed by atoms with Gasteiger partial charge in [0.25, 0.3) is 5.91 Å². The van der Waals surface area contributed by atoms with E-state index in [2.05, 4.69) is 28.2 Å². The van der Waals surface area contributed by atoms with Gasteiger partial charge in [-0.05, 0) is 61.9 Å². The molecule has 0 aliphatic heterocycles. The fourth-order valence-electron chi connectivity index (χ4n) is 3.29. The van der Waals surface area contributed by atoms with Crippen LogP contribution in [0.15, 0.2) is 28.7 Å². The summed E-state index contributed by atoms with van der Waals surface area (Å²) in [4.78, 5) is 26.4. The van der Waals surface area contributed by atoms with E-state index < -0.39 is 0 Å². The Morgan fingerprint density at radius 3 is 2.65 bits per heavy atom.